The van der Waals surface area contributed by atoms with Crippen LogP contribution in [0.4, 0.5) is 5.69 Å². The number of aromatic nitrogens is 2. The summed E-state index contributed by atoms with van der Waals surface area (Å²) in [6.07, 6.45) is 0.720. The van der Waals surface area contributed by atoms with Crippen molar-refractivity contribution in [1.82, 2.24) is 9.36 Å². The number of carboxylic acids is 1. The van der Waals surface area contributed by atoms with Gasteiger partial charge in [-0.1, -0.05) is 18.7 Å². The van der Waals surface area contributed by atoms with Gasteiger partial charge in [-0.25, -0.2) is 9.78 Å². The summed E-state index contributed by atoms with van der Waals surface area (Å²) in [5, 5.41) is 19.8. The maximum Gasteiger partial charge on any atom is 0.342 e. The van der Waals surface area contributed by atoms with Gasteiger partial charge >= 0.3 is 5.97 Å². The Morgan fingerprint density at radius 3 is 2.85 bits per heavy atom. The number of aromatic carboxylic acids is 1. The van der Waals surface area contributed by atoms with Gasteiger partial charge in [-0.05, 0) is 23.7 Å². The lowest BCUT2D eigenvalue weighted by Gasteiger charge is -2.01. The minimum atomic E-state index is -1.33. The zero-order valence-electron chi connectivity index (χ0n) is 10.3. The van der Waals surface area contributed by atoms with Gasteiger partial charge in [0.25, 0.3) is 5.69 Å². The van der Waals surface area contributed by atoms with Crippen molar-refractivity contribution in [3.8, 4) is 0 Å². The minimum Gasteiger partial charge on any atom is -0.477 e. The molecule has 1 heterocycles. The molecule has 0 aliphatic rings. The van der Waals surface area contributed by atoms with Gasteiger partial charge in [0.1, 0.15) is 11.4 Å². The Bertz CT molecular complexity index is 671. The van der Waals surface area contributed by atoms with E-state index in [0.29, 0.717) is 9.24 Å². The maximum atomic E-state index is 11.0. The van der Waals surface area contributed by atoms with E-state index in [1.807, 2.05) is 6.92 Å². The molecule has 0 saturated carbocycles. The van der Waals surface area contributed by atoms with E-state index in [2.05, 4.69) is 9.36 Å². The van der Waals surface area contributed by atoms with Crippen molar-refractivity contribution >= 4 is 35.0 Å². The summed E-state index contributed by atoms with van der Waals surface area (Å²) in [5.41, 5.74) is -0.756. The van der Waals surface area contributed by atoms with Gasteiger partial charge in [-0.15, -0.1) is 0 Å². The number of benzene rings is 1. The van der Waals surface area contributed by atoms with Crippen molar-refractivity contribution in [2.24, 2.45) is 0 Å². The van der Waals surface area contributed by atoms with Crippen LogP contribution < -0.4 is 0 Å². The molecular formula is C11H9N3O4S2. The molecule has 1 aromatic carbocycles. The summed E-state index contributed by atoms with van der Waals surface area (Å²) in [6, 6.07) is 3.97. The van der Waals surface area contributed by atoms with Crippen LogP contribution in [0.1, 0.15) is 23.1 Å². The van der Waals surface area contributed by atoms with E-state index in [-0.39, 0.29) is 5.56 Å². The summed E-state index contributed by atoms with van der Waals surface area (Å²) in [5.74, 6) is -0.608. The first-order valence-corrected chi connectivity index (χ1v) is 7.12. The fourth-order valence-electron chi connectivity index (χ4n) is 1.43. The zero-order valence-corrected chi connectivity index (χ0v) is 11.9. The van der Waals surface area contributed by atoms with Crippen LogP contribution in [-0.2, 0) is 6.42 Å². The number of nitrogens with zero attached hydrogens (tertiary/aromatic N) is 3. The third kappa shape index (κ3) is 3.11. The van der Waals surface area contributed by atoms with Crippen molar-refractivity contribution in [3.05, 3.63) is 39.7 Å². The predicted octanol–water partition coefficient (Wildman–Crippen LogP) is 2.86. The highest BCUT2D eigenvalue weighted by atomic mass is 32.2. The minimum absolute atomic E-state index is 0.333. The van der Waals surface area contributed by atoms with Gasteiger partial charge < -0.3 is 5.11 Å². The van der Waals surface area contributed by atoms with Gasteiger partial charge in [-0.3, -0.25) is 10.1 Å². The number of hydrogen-bond donors (Lipinski definition) is 1. The summed E-state index contributed by atoms with van der Waals surface area (Å²) in [6.45, 7) is 1.94. The van der Waals surface area contributed by atoms with Crippen LogP contribution in [0, 0.1) is 10.1 Å². The highest BCUT2D eigenvalue weighted by Gasteiger charge is 2.20. The molecule has 0 unspecified atom stereocenters. The Hall–Kier alpha value is -2.00. The fraction of sp³-hybridized carbons (Fsp3) is 0.182. The molecule has 1 N–H and O–H groups in total. The summed E-state index contributed by atoms with van der Waals surface area (Å²) < 4.78 is 4.79. The average molecular weight is 311 g/mol. The lowest BCUT2D eigenvalue weighted by Crippen LogP contribution is -2.02. The van der Waals surface area contributed by atoms with E-state index in [1.54, 1.807) is 0 Å². The largest absolute Gasteiger partial charge is 0.477 e. The molecule has 104 valence electrons. The molecule has 7 nitrogen and oxygen atoms in total. The van der Waals surface area contributed by atoms with Crippen molar-refractivity contribution in [2.75, 3.05) is 0 Å². The Balaban J connectivity index is 2.31. The van der Waals surface area contributed by atoms with E-state index in [0.717, 1.165) is 12.2 Å². The number of nitro groups is 1. The van der Waals surface area contributed by atoms with E-state index in [4.69, 9.17) is 5.11 Å². The van der Waals surface area contributed by atoms with Crippen molar-refractivity contribution in [2.45, 2.75) is 22.6 Å². The number of hydrogen-bond acceptors (Lipinski definition) is 7. The van der Waals surface area contributed by atoms with E-state index < -0.39 is 16.6 Å². The third-order valence-corrected chi connectivity index (χ3v) is 4.14. The molecular weight excluding hydrogens is 302 g/mol. The highest BCUT2D eigenvalue weighted by molar-refractivity contribution is 8.01. The van der Waals surface area contributed by atoms with Crippen LogP contribution in [0.2, 0.25) is 0 Å². The second-order valence-corrected chi connectivity index (χ2v) is 5.75. The first kappa shape index (κ1) is 14.4. The van der Waals surface area contributed by atoms with Crippen LogP contribution in [-0.4, -0.2) is 25.4 Å². The van der Waals surface area contributed by atoms with Crippen molar-refractivity contribution in [1.29, 1.82) is 0 Å². The van der Waals surface area contributed by atoms with Gasteiger partial charge in [0.2, 0.25) is 0 Å². The SMILES string of the molecule is CCc1nsc(Sc2ccc([N+](=O)[O-])c(C(=O)O)c2)n1. The van der Waals surface area contributed by atoms with E-state index >= 15 is 0 Å². The first-order valence-electron chi connectivity index (χ1n) is 5.53. The average Bonchev–Trinajstić information content (AvgIpc) is 2.86. The maximum absolute atomic E-state index is 11.0. The molecule has 0 radical (unpaired) electrons. The molecule has 0 fully saturated rings. The molecule has 2 aromatic rings. The summed E-state index contributed by atoms with van der Waals surface area (Å²) in [4.78, 5) is 25.9. The second kappa shape index (κ2) is 5.97. The number of aryl methyl sites for hydroxylation is 1. The summed E-state index contributed by atoms with van der Waals surface area (Å²) in [7, 11) is 0. The van der Waals surface area contributed by atoms with E-state index in [1.165, 1.54) is 41.5 Å². The molecule has 0 amide bonds. The van der Waals surface area contributed by atoms with Crippen LogP contribution in [0.5, 0.6) is 0 Å². The van der Waals surface area contributed by atoms with Gasteiger partial charge in [-0.2, -0.15) is 4.37 Å². The lowest BCUT2D eigenvalue weighted by molar-refractivity contribution is -0.385. The number of carbonyl (C=O) groups is 1. The van der Waals surface area contributed by atoms with Crippen molar-refractivity contribution < 1.29 is 14.8 Å². The normalized spacial score (nSPS) is 10.4. The highest BCUT2D eigenvalue weighted by Crippen LogP contribution is 2.32. The molecule has 0 bridgehead atoms. The fourth-order valence-corrected chi connectivity index (χ4v) is 3.15. The standard InChI is InChI=1S/C11H9N3O4S2/c1-2-9-12-11(20-13-9)19-6-3-4-8(14(17)18)7(5-6)10(15)16/h3-5H,2H2,1H3,(H,15,16). The monoisotopic (exact) mass is 311 g/mol. The number of nitro benzene ring substituents is 1. The smallest absolute Gasteiger partial charge is 0.342 e. The van der Waals surface area contributed by atoms with Gasteiger partial charge in [0, 0.05) is 17.4 Å². The molecule has 0 saturated heterocycles. The number of carboxylic acid groups (broad SMARTS) is 1. The molecule has 0 spiro atoms. The van der Waals surface area contributed by atoms with Crippen LogP contribution >= 0.6 is 23.3 Å². The quantitative estimate of drug-likeness (QED) is 0.668. The third-order valence-electron chi connectivity index (χ3n) is 2.37. The lowest BCUT2D eigenvalue weighted by atomic mass is 10.2. The van der Waals surface area contributed by atoms with Crippen molar-refractivity contribution in [3.63, 3.8) is 0 Å². The molecule has 9 heteroatoms. The number of rotatable bonds is 5. The first-order chi connectivity index (χ1) is 9.51. The second-order valence-electron chi connectivity index (χ2n) is 3.67. The van der Waals surface area contributed by atoms with E-state index in [9.17, 15) is 14.9 Å². The Labute approximate surface area is 122 Å². The molecule has 1 aromatic heterocycles. The summed E-state index contributed by atoms with van der Waals surface area (Å²) >= 11 is 2.45. The zero-order chi connectivity index (χ0) is 14.7. The predicted molar refractivity (Wildman–Crippen MR) is 73.5 cm³/mol. The molecule has 0 aliphatic heterocycles. The van der Waals surface area contributed by atoms with Gasteiger partial charge in [0.05, 0.1) is 4.92 Å². The van der Waals surface area contributed by atoms with Crippen LogP contribution in [0.15, 0.2) is 27.4 Å². The Morgan fingerprint density at radius 1 is 1.55 bits per heavy atom. The molecule has 0 aliphatic carbocycles. The van der Waals surface area contributed by atoms with Crippen LogP contribution in [0.25, 0.3) is 0 Å². The van der Waals surface area contributed by atoms with Crippen LogP contribution in [0.3, 0.4) is 0 Å². The molecule has 20 heavy (non-hydrogen) atoms. The topological polar surface area (TPSA) is 106 Å². The Kier molecular flexibility index (Phi) is 4.30. The molecule has 2 rings (SSSR count). The van der Waals surface area contributed by atoms with Gasteiger partial charge in [0.15, 0.2) is 4.34 Å². The Morgan fingerprint density at radius 2 is 2.30 bits per heavy atom. The molecule has 0 atom stereocenters.